The van der Waals surface area contributed by atoms with E-state index in [2.05, 4.69) is 4.98 Å². The molecule has 0 saturated heterocycles. The van der Waals surface area contributed by atoms with E-state index in [0.717, 1.165) is 17.0 Å². The predicted octanol–water partition coefficient (Wildman–Crippen LogP) is 4.47. The van der Waals surface area contributed by atoms with Gasteiger partial charge >= 0.3 is 5.97 Å². The van der Waals surface area contributed by atoms with Crippen molar-refractivity contribution in [2.24, 2.45) is 0 Å². The Morgan fingerprint density at radius 3 is 2.68 bits per heavy atom. The van der Waals surface area contributed by atoms with Crippen molar-refractivity contribution in [1.82, 2.24) is 4.98 Å². The van der Waals surface area contributed by atoms with Gasteiger partial charge < -0.3 is 9.72 Å². The number of hydrogen-bond acceptors (Lipinski definition) is 2. The Morgan fingerprint density at radius 2 is 2.05 bits per heavy atom. The van der Waals surface area contributed by atoms with Crippen LogP contribution in [-0.4, -0.2) is 17.6 Å². The van der Waals surface area contributed by atoms with Gasteiger partial charge in [0.05, 0.1) is 17.2 Å². The van der Waals surface area contributed by atoms with Crippen LogP contribution in [0.2, 0.25) is 10.0 Å². The summed E-state index contributed by atoms with van der Waals surface area (Å²) in [4.78, 5) is 14.9. The van der Waals surface area contributed by atoms with E-state index >= 15 is 0 Å². The molecule has 1 heterocycles. The van der Waals surface area contributed by atoms with Crippen molar-refractivity contribution < 1.29 is 9.53 Å². The first-order valence-electron chi connectivity index (χ1n) is 5.85. The smallest absolute Gasteiger partial charge is 0.339 e. The normalized spacial score (nSPS) is 10.5. The van der Waals surface area contributed by atoms with E-state index in [0.29, 0.717) is 22.2 Å². The largest absolute Gasteiger partial charge is 0.462 e. The van der Waals surface area contributed by atoms with E-state index in [4.69, 9.17) is 27.9 Å². The number of halogens is 2. The van der Waals surface area contributed by atoms with Gasteiger partial charge in [-0.2, -0.15) is 0 Å². The van der Waals surface area contributed by atoms with Crippen LogP contribution in [0.3, 0.4) is 0 Å². The third kappa shape index (κ3) is 2.94. The molecule has 1 aromatic heterocycles. The maximum absolute atomic E-state index is 11.8. The van der Waals surface area contributed by atoms with Crippen molar-refractivity contribution in [2.75, 3.05) is 6.61 Å². The summed E-state index contributed by atoms with van der Waals surface area (Å²) in [6.07, 6.45) is 0. The molecule has 100 valence electrons. The molecule has 1 aromatic carbocycles. The Bertz CT molecular complexity index is 620. The number of esters is 1. The number of hydrogen-bond donors (Lipinski definition) is 1. The molecule has 0 amide bonds. The molecule has 3 nitrogen and oxygen atoms in total. The molecule has 1 N–H and O–H groups in total. The summed E-state index contributed by atoms with van der Waals surface area (Å²) in [5, 5.41) is 1.10. The standard InChI is InChI=1S/C14H13Cl2NO2/c1-3-19-14(18)11-7-13(17-8(11)2)10-5-4-9(15)6-12(10)16/h4-7,17H,3H2,1-2H3. The zero-order valence-electron chi connectivity index (χ0n) is 10.6. The van der Waals surface area contributed by atoms with Crippen LogP contribution < -0.4 is 0 Å². The first-order chi connectivity index (χ1) is 9.02. The summed E-state index contributed by atoms with van der Waals surface area (Å²) in [5.41, 5.74) is 2.83. The highest BCUT2D eigenvalue weighted by molar-refractivity contribution is 6.36. The first kappa shape index (κ1) is 14.0. The van der Waals surface area contributed by atoms with Crippen LogP contribution in [0.4, 0.5) is 0 Å². The molecule has 0 fully saturated rings. The van der Waals surface area contributed by atoms with Crippen LogP contribution in [0, 0.1) is 6.92 Å². The summed E-state index contributed by atoms with van der Waals surface area (Å²) < 4.78 is 4.99. The molecule has 5 heteroatoms. The average molecular weight is 298 g/mol. The predicted molar refractivity (Wildman–Crippen MR) is 76.9 cm³/mol. The third-order valence-corrected chi connectivity index (χ3v) is 3.28. The van der Waals surface area contributed by atoms with Gasteiger partial charge in [0.15, 0.2) is 0 Å². The van der Waals surface area contributed by atoms with E-state index in [1.807, 2.05) is 13.0 Å². The molecule has 0 aliphatic heterocycles. The lowest BCUT2D eigenvalue weighted by Crippen LogP contribution is -2.04. The van der Waals surface area contributed by atoms with E-state index in [9.17, 15) is 4.79 Å². The van der Waals surface area contributed by atoms with Gasteiger partial charge in [0.2, 0.25) is 0 Å². The van der Waals surface area contributed by atoms with Gasteiger partial charge in [-0.05, 0) is 38.1 Å². The van der Waals surface area contributed by atoms with Gasteiger partial charge in [0.25, 0.3) is 0 Å². The second kappa shape index (κ2) is 5.68. The lowest BCUT2D eigenvalue weighted by Gasteiger charge is -2.01. The van der Waals surface area contributed by atoms with Crippen molar-refractivity contribution in [2.45, 2.75) is 13.8 Å². The minimum Gasteiger partial charge on any atom is -0.462 e. The van der Waals surface area contributed by atoms with Crippen molar-refractivity contribution in [1.29, 1.82) is 0 Å². The van der Waals surface area contributed by atoms with Gasteiger partial charge in [-0.1, -0.05) is 23.2 Å². The number of carbonyl (C=O) groups is 1. The topological polar surface area (TPSA) is 42.1 Å². The lowest BCUT2D eigenvalue weighted by atomic mass is 10.1. The van der Waals surface area contributed by atoms with Crippen LogP contribution in [0.1, 0.15) is 23.0 Å². The molecule has 0 saturated carbocycles. The number of H-pyrrole nitrogens is 1. The lowest BCUT2D eigenvalue weighted by molar-refractivity contribution is 0.0526. The number of aromatic nitrogens is 1. The summed E-state index contributed by atoms with van der Waals surface area (Å²) in [6, 6.07) is 6.97. The fourth-order valence-electron chi connectivity index (χ4n) is 1.83. The van der Waals surface area contributed by atoms with Crippen LogP contribution in [0.5, 0.6) is 0 Å². The Morgan fingerprint density at radius 1 is 1.32 bits per heavy atom. The quantitative estimate of drug-likeness (QED) is 0.849. The summed E-state index contributed by atoms with van der Waals surface area (Å²) in [7, 11) is 0. The van der Waals surface area contributed by atoms with Crippen LogP contribution in [0.15, 0.2) is 24.3 Å². The molecule has 0 aliphatic rings. The number of aromatic amines is 1. The Hall–Kier alpha value is -1.45. The molecule has 0 radical (unpaired) electrons. The average Bonchev–Trinajstić information content (AvgIpc) is 2.71. The summed E-state index contributed by atoms with van der Waals surface area (Å²) in [5.74, 6) is -0.340. The fourth-order valence-corrected chi connectivity index (χ4v) is 2.34. The second-order valence-electron chi connectivity index (χ2n) is 4.07. The summed E-state index contributed by atoms with van der Waals surface area (Å²) in [6.45, 7) is 3.94. The summed E-state index contributed by atoms with van der Waals surface area (Å²) >= 11 is 12.0. The molecule has 2 aromatic rings. The highest BCUT2D eigenvalue weighted by Gasteiger charge is 2.15. The maximum Gasteiger partial charge on any atom is 0.339 e. The van der Waals surface area contributed by atoms with Crippen molar-refractivity contribution in [3.05, 3.63) is 45.6 Å². The van der Waals surface area contributed by atoms with Crippen LogP contribution in [0.25, 0.3) is 11.3 Å². The molecule has 0 unspecified atom stereocenters. The first-order valence-corrected chi connectivity index (χ1v) is 6.60. The fraction of sp³-hybridized carbons (Fsp3) is 0.214. The molecule has 19 heavy (non-hydrogen) atoms. The van der Waals surface area contributed by atoms with Gasteiger partial charge in [-0.15, -0.1) is 0 Å². The van der Waals surface area contributed by atoms with E-state index < -0.39 is 0 Å². The van der Waals surface area contributed by atoms with Crippen LogP contribution in [-0.2, 0) is 4.74 Å². The van der Waals surface area contributed by atoms with Crippen LogP contribution >= 0.6 is 23.2 Å². The van der Waals surface area contributed by atoms with E-state index in [1.54, 1.807) is 25.1 Å². The maximum atomic E-state index is 11.8. The van der Waals surface area contributed by atoms with E-state index in [1.165, 1.54) is 0 Å². The SMILES string of the molecule is CCOC(=O)c1cc(-c2ccc(Cl)cc2Cl)[nH]c1C. The second-order valence-corrected chi connectivity index (χ2v) is 4.91. The highest BCUT2D eigenvalue weighted by Crippen LogP contribution is 2.31. The zero-order chi connectivity index (χ0) is 14.0. The van der Waals surface area contributed by atoms with Crippen molar-refractivity contribution in [3.8, 4) is 11.3 Å². The van der Waals surface area contributed by atoms with Crippen molar-refractivity contribution in [3.63, 3.8) is 0 Å². The van der Waals surface area contributed by atoms with Gasteiger partial charge in [-0.3, -0.25) is 0 Å². The number of carbonyl (C=O) groups excluding carboxylic acids is 1. The number of benzene rings is 1. The zero-order valence-corrected chi connectivity index (χ0v) is 12.1. The molecule has 0 bridgehead atoms. The highest BCUT2D eigenvalue weighted by atomic mass is 35.5. The molecule has 0 aliphatic carbocycles. The monoisotopic (exact) mass is 297 g/mol. The van der Waals surface area contributed by atoms with Gasteiger partial charge in [0, 0.05) is 22.0 Å². The minimum absolute atomic E-state index is 0.340. The number of ether oxygens (including phenoxy) is 1. The van der Waals surface area contributed by atoms with Crippen molar-refractivity contribution >= 4 is 29.2 Å². The Balaban J connectivity index is 2.42. The van der Waals surface area contributed by atoms with E-state index in [-0.39, 0.29) is 5.97 Å². The number of nitrogens with one attached hydrogen (secondary N) is 1. The number of rotatable bonds is 3. The minimum atomic E-state index is -0.340. The molecular weight excluding hydrogens is 285 g/mol. The molecule has 0 spiro atoms. The van der Waals surface area contributed by atoms with Gasteiger partial charge in [0.1, 0.15) is 0 Å². The molecule has 2 rings (SSSR count). The number of aryl methyl sites for hydroxylation is 1. The Kier molecular flexibility index (Phi) is 4.17. The molecular formula is C14H13Cl2NO2. The Labute approximate surface area is 121 Å². The molecule has 0 atom stereocenters. The third-order valence-electron chi connectivity index (χ3n) is 2.73. The van der Waals surface area contributed by atoms with Gasteiger partial charge in [-0.25, -0.2) is 4.79 Å².